The van der Waals surface area contributed by atoms with Crippen LogP contribution in [0.2, 0.25) is 0 Å². The lowest BCUT2D eigenvalue weighted by Gasteiger charge is -2.21. The Morgan fingerprint density at radius 1 is 1.45 bits per heavy atom. The van der Waals surface area contributed by atoms with Crippen LogP contribution in [-0.4, -0.2) is 25.6 Å². The quantitative estimate of drug-likeness (QED) is 0.717. The summed E-state index contributed by atoms with van der Waals surface area (Å²) in [6.45, 7) is 7.87. The minimum atomic E-state index is -0.537. The predicted molar refractivity (Wildman–Crippen MR) is 81.8 cm³/mol. The highest BCUT2D eigenvalue weighted by atomic mass is 16.5. The zero-order chi connectivity index (χ0) is 15.0. The number of para-hydroxylation sites is 1. The van der Waals surface area contributed by atoms with Crippen LogP contribution in [0.5, 0.6) is 5.75 Å². The molecular weight excluding hydrogens is 252 g/mol. The topological polar surface area (TPSA) is 50.4 Å². The van der Waals surface area contributed by atoms with Crippen LogP contribution in [0.3, 0.4) is 0 Å². The van der Waals surface area contributed by atoms with E-state index in [-0.39, 0.29) is 11.9 Å². The van der Waals surface area contributed by atoms with Crippen molar-refractivity contribution in [3.05, 3.63) is 42.5 Å². The normalized spacial score (nSPS) is 13.3. The summed E-state index contributed by atoms with van der Waals surface area (Å²) in [5.41, 5.74) is 1.07. The van der Waals surface area contributed by atoms with Gasteiger partial charge in [0.05, 0.1) is 0 Å². The molecule has 2 N–H and O–H groups in total. The molecule has 110 valence electrons. The second kappa shape index (κ2) is 8.38. The highest BCUT2D eigenvalue weighted by Gasteiger charge is 2.18. The molecule has 1 aromatic carbocycles. The van der Waals surface area contributed by atoms with Gasteiger partial charge in [0.15, 0.2) is 6.10 Å². The second-order valence-electron chi connectivity index (χ2n) is 4.58. The first-order valence-electron chi connectivity index (χ1n) is 6.95. The Balaban J connectivity index is 2.81. The predicted octanol–water partition coefficient (Wildman–Crippen LogP) is 2.43. The van der Waals surface area contributed by atoms with Crippen LogP contribution in [0.4, 0.5) is 0 Å². The molecule has 0 fully saturated rings. The van der Waals surface area contributed by atoms with E-state index < -0.39 is 6.10 Å². The molecule has 0 aliphatic heterocycles. The van der Waals surface area contributed by atoms with E-state index in [1.165, 1.54) is 0 Å². The van der Waals surface area contributed by atoms with Crippen LogP contribution < -0.4 is 15.4 Å². The Labute approximate surface area is 121 Å². The van der Waals surface area contributed by atoms with E-state index in [9.17, 15) is 4.79 Å². The Morgan fingerprint density at radius 2 is 2.15 bits per heavy atom. The molecule has 1 rings (SSSR count). The van der Waals surface area contributed by atoms with E-state index in [4.69, 9.17) is 4.74 Å². The van der Waals surface area contributed by atoms with Crippen molar-refractivity contribution in [2.24, 2.45) is 0 Å². The van der Waals surface area contributed by atoms with Crippen molar-refractivity contribution in [1.29, 1.82) is 0 Å². The molecule has 0 saturated heterocycles. The summed E-state index contributed by atoms with van der Waals surface area (Å²) < 4.78 is 5.80. The minimum Gasteiger partial charge on any atom is -0.481 e. The van der Waals surface area contributed by atoms with E-state index in [1.807, 2.05) is 31.3 Å². The van der Waals surface area contributed by atoms with E-state index >= 15 is 0 Å². The van der Waals surface area contributed by atoms with Crippen LogP contribution >= 0.6 is 0 Å². The van der Waals surface area contributed by atoms with E-state index in [2.05, 4.69) is 24.1 Å². The van der Waals surface area contributed by atoms with Crippen LogP contribution in [0.25, 0.3) is 0 Å². The van der Waals surface area contributed by atoms with E-state index in [1.54, 1.807) is 13.0 Å². The molecule has 4 nitrogen and oxygen atoms in total. The molecule has 2 atom stereocenters. The van der Waals surface area contributed by atoms with Crippen molar-refractivity contribution in [2.45, 2.75) is 32.4 Å². The SMILES string of the molecule is C=CCNC(=O)C(C)Oc1ccccc1C(CC)NC. The average Bonchev–Trinajstić information content (AvgIpc) is 2.47. The number of hydrogen-bond acceptors (Lipinski definition) is 3. The number of nitrogens with one attached hydrogen (secondary N) is 2. The van der Waals surface area contributed by atoms with Gasteiger partial charge in [0.2, 0.25) is 0 Å². The molecule has 4 heteroatoms. The lowest BCUT2D eigenvalue weighted by Crippen LogP contribution is -2.36. The molecule has 0 heterocycles. The zero-order valence-electron chi connectivity index (χ0n) is 12.5. The van der Waals surface area contributed by atoms with Crippen LogP contribution in [0, 0.1) is 0 Å². The summed E-state index contributed by atoms with van der Waals surface area (Å²) in [6.07, 6.45) is 2.06. The van der Waals surface area contributed by atoms with Gasteiger partial charge in [-0.3, -0.25) is 4.79 Å². The summed E-state index contributed by atoms with van der Waals surface area (Å²) in [4.78, 5) is 11.8. The Morgan fingerprint density at radius 3 is 2.75 bits per heavy atom. The molecule has 20 heavy (non-hydrogen) atoms. The van der Waals surface area contributed by atoms with Gasteiger partial charge in [0.1, 0.15) is 5.75 Å². The van der Waals surface area contributed by atoms with Gasteiger partial charge in [-0.2, -0.15) is 0 Å². The smallest absolute Gasteiger partial charge is 0.261 e. The molecule has 2 unspecified atom stereocenters. The molecular formula is C16H24N2O2. The van der Waals surface area contributed by atoms with Gasteiger partial charge in [-0.15, -0.1) is 6.58 Å². The molecule has 0 bridgehead atoms. The standard InChI is InChI=1S/C16H24N2O2/c1-5-11-18-16(19)12(3)20-15-10-8-7-9-13(15)14(6-2)17-4/h5,7-10,12,14,17H,1,6,11H2,2-4H3,(H,18,19). The number of ether oxygens (including phenoxy) is 1. The number of carbonyl (C=O) groups excluding carboxylic acids is 1. The first kappa shape index (κ1) is 16.2. The van der Waals surface area contributed by atoms with Crippen molar-refractivity contribution in [3.8, 4) is 5.75 Å². The van der Waals surface area contributed by atoms with Crippen LogP contribution in [-0.2, 0) is 4.79 Å². The number of hydrogen-bond donors (Lipinski definition) is 2. The maximum atomic E-state index is 11.8. The summed E-state index contributed by atoms with van der Waals surface area (Å²) in [7, 11) is 1.92. The number of amides is 1. The summed E-state index contributed by atoms with van der Waals surface area (Å²) in [5, 5.41) is 5.98. The Bertz CT molecular complexity index is 442. The van der Waals surface area contributed by atoms with Crippen LogP contribution in [0.15, 0.2) is 36.9 Å². The summed E-state index contributed by atoms with van der Waals surface area (Å²) in [6, 6.07) is 8.02. The first-order chi connectivity index (χ1) is 9.63. The van der Waals surface area contributed by atoms with E-state index in [0.29, 0.717) is 6.54 Å². The number of rotatable bonds is 8. The number of benzene rings is 1. The fraction of sp³-hybridized carbons (Fsp3) is 0.438. The monoisotopic (exact) mass is 276 g/mol. The van der Waals surface area contributed by atoms with E-state index in [0.717, 1.165) is 17.7 Å². The molecule has 1 aromatic rings. The molecule has 0 aliphatic carbocycles. The van der Waals surface area contributed by atoms with Crippen LogP contribution in [0.1, 0.15) is 31.9 Å². The molecule has 0 aromatic heterocycles. The Kier molecular flexibility index (Phi) is 6.81. The van der Waals surface area contributed by atoms with Gasteiger partial charge < -0.3 is 15.4 Å². The van der Waals surface area contributed by atoms with Crippen molar-refractivity contribution in [1.82, 2.24) is 10.6 Å². The molecule has 0 aliphatic rings. The molecule has 0 spiro atoms. The van der Waals surface area contributed by atoms with Gasteiger partial charge in [-0.05, 0) is 26.5 Å². The third-order valence-corrected chi connectivity index (χ3v) is 3.14. The highest BCUT2D eigenvalue weighted by molar-refractivity contribution is 5.80. The van der Waals surface area contributed by atoms with Gasteiger partial charge in [-0.25, -0.2) is 0 Å². The maximum Gasteiger partial charge on any atom is 0.261 e. The van der Waals surface area contributed by atoms with Gasteiger partial charge in [0, 0.05) is 18.2 Å². The second-order valence-corrected chi connectivity index (χ2v) is 4.58. The molecule has 0 saturated carbocycles. The number of carbonyl (C=O) groups is 1. The summed E-state index contributed by atoms with van der Waals surface area (Å²) in [5.74, 6) is 0.604. The summed E-state index contributed by atoms with van der Waals surface area (Å²) >= 11 is 0. The van der Waals surface area contributed by atoms with Crippen molar-refractivity contribution in [3.63, 3.8) is 0 Å². The average molecular weight is 276 g/mol. The minimum absolute atomic E-state index is 0.141. The fourth-order valence-electron chi connectivity index (χ4n) is 2.02. The third kappa shape index (κ3) is 4.38. The maximum absolute atomic E-state index is 11.8. The lowest BCUT2D eigenvalue weighted by molar-refractivity contribution is -0.127. The van der Waals surface area contributed by atoms with Crippen molar-refractivity contribution < 1.29 is 9.53 Å². The largest absolute Gasteiger partial charge is 0.481 e. The Hall–Kier alpha value is -1.81. The van der Waals surface area contributed by atoms with Gasteiger partial charge in [-0.1, -0.05) is 31.2 Å². The van der Waals surface area contributed by atoms with Crippen molar-refractivity contribution in [2.75, 3.05) is 13.6 Å². The lowest BCUT2D eigenvalue weighted by atomic mass is 10.0. The van der Waals surface area contributed by atoms with Gasteiger partial charge >= 0.3 is 0 Å². The molecule has 1 amide bonds. The van der Waals surface area contributed by atoms with Crippen molar-refractivity contribution >= 4 is 5.91 Å². The first-order valence-corrected chi connectivity index (χ1v) is 6.95. The fourth-order valence-corrected chi connectivity index (χ4v) is 2.02. The zero-order valence-corrected chi connectivity index (χ0v) is 12.5. The highest BCUT2D eigenvalue weighted by Crippen LogP contribution is 2.27. The van der Waals surface area contributed by atoms with Gasteiger partial charge in [0.25, 0.3) is 5.91 Å². The third-order valence-electron chi connectivity index (χ3n) is 3.14. The molecule has 0 radical (unpaired) electrons.